The van der Waals surface area contributed by atoms with E-state index in [0.29, 0.717) is 24.4 Å². The molecule has 1 amide bonds. The summed E-state index contributed by atoms with van der Waals surface area (Å²) in [5.74, 6) is 0.558. The monoisotopic (exact) mass is 357 g/mol. The minimum atomic E-state index is -0.0772. The molecule has 0 radical (unpaired) electrons. The van der Waals surface area contributed by atoms with Crippen molar-refractivity contribution >= 4 is 18.3 Å². The van der Waals surface area contributed by atoms with E-state index in [1.807, 2.05) is 0 Å². The van der Waals surface area contributed by atoms with Gasteiger partial charge in [0.25, 0.3) is 5.91 Å². The van der Waals surface area contributed by atoms with E-state index < -0.39 is 0 Å². The fraction of sp³-hybridized carbons (Fsp3) is 0.706. The topological polar surface area (TPSA) is 80.7 Å². The minimum Gasteiger partial charge on any atom is -0.467 e. The van der Waals surface area contributed by atoms with E-state index in [9.17, 15) is 4.79 Å². The molecule has 0 bridgehead atoms. The highest BCUT2D eigenvalue weighted by atomic mass is 35.5. The predicted molar refractivity (Wildman–Crippen MR) is 94.4 cm³/mol. The fourth-order valence-electron chi connectivity index (χ4n) is 3.81. The summed E-state index contributed by atoms with van der Waals surface area (Å²) < 4.78 is 10.7. The molecule has 0 atom stereocenters. The molecule has 2 aliphatic rings. The molecule has 136 valence electrons. The molecular formula is C17H28ClN3O3. The van der Waals surface area contributed by atoms with Gasteiger partial charge in [-0.1, -0.05) is 19.3 Å². The van der Waals surface area contributed by atoms with E-state index in [1.54, 1.807) is 6.07 Å². The second-order valence-corrected chi connectivity index (χ2v) is 6.57. The number of hydrogen-bond acceptors (Lipinski definition) is 5. The van der Waals surface area contributed by atoms with Gasteiger partial charge in [-0.3, -0.25) is 9.69 Å². The number of halogens is 1. The summed E-state index contributed by atoms with van der Waals surface area (Å²) in [7, 11) is 0. The Hall–Kier alpha value is -1.08. The number of carbonyl (C=O) groups is 1. The van der Waals surface area contributed by atoms with Crippen molar-refractivity contribution in [2.45, 2.75) is 44.2 Å². The van der Waals surface area contributed by atoms with Crippen LogP contribution >= 0.6 is 12.4 Å². The Morgan fingerprint density at radius 2 is 1.96 bits per heavy atom. The largest absolute Gasteiger partial charge is 0.467 e. The third-order valence-electron chi connectivity index (χ3n) is 5.16. The maximum absolute atomic E-state index is 12.4. The molecule has 2 fully saturated rings. The molecule has 0 spiro atoms. The molecule has 1 saturated heterocycles. The standard InChI is InChI=1S/C17H27N3O3.ClH/c18-11-15-10-14(12-23-15)16(21)19-13-17(4-2-1-3-5-17)20-6-8-22-9-7-20;/h10,12H,1-9,11,13,18H2,(H,19,21);1H. The van der Waals surface area contributed by atoms with Gasteiger partial charge in [0.05, 0.1) is 25.3 Å². The molecule has 3 rings (SSSR count). The number of carbonyl (C=O) groups excluding carboxylic acids is 1. The van der Waals surface area contributed by atoms with Crippen LogP contribution in [0, 0.1) is 0 Å². The Balaban J connectivity index is 0.00000208. The van der Waals surface area contributed by atoms with Gasteiger partial charge in [0.2, 0.25) is 0 Å². The highest BCUT2D eigenvalue weighted by Gasteiger charge is 2.38. The molecule has 1 aromatic heterocycles. The van der Waals surface area contributed by atoms with Crippen LogP contribution in [0.3, 0.4) is 0 Å². The zero-order valence-electron chi connectivity index (χ0n) is 14.1. The highest BCUT2D eigenvalue weighted by molar-refractivity contribution is 5.94. The summed E-state index contributed by atoms with van der Waals surface area (Å²) in [6.45, 7) is 4.49. The summed E-state index contributed by atoms with van der Waals surface area (Å²) in [6, 6.07) is 1.72. The lowest BCUT2D eigenvalue weighted by molar-refractivity contribution is -0.0361. The quantitative estimate of drug-likeness (QED) is 0.841. The third kappa shape index (κ3) is 4.30. The van der Waals surface area contributed by atoms with Crippen LogP contribution in [0.4, 0.5) is 0 Å². The Morgan fingerprint density at radius 3 is 2.58 bits per heavy atom. The number of morpholine rings is 1. The van der Waals surface area contributed by atoms with Gasteiger partial charge < -0.3 is 20.2 Å². The Morgan fingerprint density at radius 1 is 1.25 bits per heavy atom. The molecule has 0 unspecified atom stereocenters. The van der Waals surface area contributed by atoms with Crippen LogP contribution in [0.15, 0.2) is 16.7 Å². The number of nitrogens with zero attached hydrogens (tertiary/aromatic N) is 1. The summed E-state index contributed by atoms with van der Waals surface area (Å²) >= 11 is 0. The van der Waals surface area contributed by atoms with Crippen molar-refractivity contribution in [3.63, 3.8) is 0 Å². The van der Waals surface area contributed by atoms with Gasteiger partial charge in [-0.25, -0.2) is 0 Å². The smallest absolute Gasteiger partial charge is 0.254 e. The number of rotatable bonds is 5. The first-order valence-corrected chi connectivity index (χ1v) is 8.62. The first-order valence-electron chi connectivity index (χ1n) is 8.62. The molecule has 3 N–H and O–H groups in total. The summed E-state index contributed by atoms with van der Waals surface area (Å²) in [5.41, 5.74) is 6.16. The number of ether oxygens (including phenoxy) is 1. The van der Waals surface area contributed by atoms with Crippen molar-refractivity contribution in [3.8, 4) is 0 Å². The minimum absolute atomic E-state index is 0. The lowest BCUT2D eigenvalue weighted by Gasteiger charge is -2.48. The molecule has 24 heavy (non-hydrogen) atoms. The molecule has 1 aliphatic carbocycles. The molecular weight excluding hydrogens is 330 g/mol. The molecule has 1 aliphatic heterocycles. The number of hydrogen-bond donors (Lipinski definition) is 2. The molecule has 6 nitrogen and oxygen atoms in total. The highest BCUT2D eigenvalue weighted by Crippen LogP contribution is 2.34. The van der Waals surface area contributed by atoms with Crippen molar-refractivity contribution in [3.05, 3.63) is 23.7 Å². The van der Waals surface area contributed by atoms with Gasteiger partial charge in [0.15, 0.2) is 0 Å². The maximum Gasteiger partial charge on any atom is 0.254 e. The predicted octanol–water partition coefficient (Wildman–Crippen LogP) is 1.92. The van der Waals surface area contributed by atoms with Gasteiger partial charge >= 0.3 is 0 Å². The maximum atomic E-state index is 12.4. The van der Waals surface area contributed by atoms with Gasteiger partial charge in [-0.05, 0) is 18.9 Å². The SMILES string of the molecule is Cl.NCc1cc(C(=O)NCC2(N3CCOCC3)CCCCC2)co1. The third-order valence-corrected chi connectivity index (χ3v) is 5.16. The van der Waals surface area contributed by atoms with E-state index in [2.05, 4.69) is 10.2 Å². The van der Waals surface area contributed by atoms with Gasteiger partial charge in [0.1, 0.15) is 12.0 Å². The molecule has 1 saturated carbocycles. The Kier molecular flexibility index (Phi) is 7.10. The van der Waals surface area contributed by atoms with Crippen LogP contribution < -0.4 is 11.1 Å². The summed E-state index contributed by atoms with van der Waals surface area (Å²) in [6.07, 6.45) is 7.54. The lowest BCUT2D eigenvalue weighted by atomic mass is 9.79. The van der Waals surface area contributed by atoms with Crippen molar-refractivity contribution in [1.29, 1.82) is 0 Å². The fourth-order valence-corrected chi connectivity index (χ4v) is 3.81. The molecule has 2 heterocycles. The van der Waals surface area contributed by atoms with Gasteiger partial charge in [-0.2, -0.15) is 0 Å². The average molecular weight is 358 g/mol. The number of amides is 1. The van der Waals surface area contributed by atoms with E-state index in [1.165, 1.54) is 25.5 Å². The van der Waals surface area contributed by atoms with E-state index in [-0.39, 0.29) is 23.9 Å². The van der Waals surface area contributed by atoms with Crippen molar-refractivity contribution in [2.75, 3.05) is 32.8 Å². The average Bonchev–Trinajstić information content (AvgIpc) is 3.10. The number of nitrogens with one attached hydrogen (secondary N) is 1. The van der Waals surface area contributed by atoms with Crippen LogP contribution in [-0.4, -0.2) is 49.2 Å². The Labute approximate surface area is 149 Å². The van der Waals surface area contributed by atoms with Crippen LogP contribution in [0.1, 0.15) is 48.2 Å². The zero-order valence-corrected chi connectivity index (χ0v) is 14.9. The second-order valence-electron chi connectivity index (χ2n) is 6.57. The van der Waals surface area contributed by atoms with Crippen molar-refractivity contribution < 1.29 is 13.9 Å². The number of furan rings is 1. The lowest BCUT2D eigenvalue weighted by Crippen LogP contribution is -2.59. The Bertz CT molecular complexity index is 523. The van der Waals surface area contributed by atoms with E-state index in [0.717, 1.165) is 39.1 Å². The zero-order chi connectivity index (χ0) is 16.1. The molecule has 1 aromatic rings. The summed E-state index contributed by atoms with van der Waals surface area (Å²) in [5, 5.41) is 3.12. The van der Waals surface area contributed by atoms with Crippen LogP contribution in [-0.2, 0) is 11.3 Å². The first kappa shape index (κ1) is 19.2. The van der Waals surface area contributed by atoms with E-state index >= 15 is 0 Å². The first-order chi connectivity index (χ1) is 11.2. The number of nitrogens with two attached hydrogens (primary N) is 1. The molecule has 7 heteroatoms. The van der Waals surface area contributed by atoms with Crippen LogP contribution in [0.5, 0.6) is 0 Å². The van der Waals surface area contributed by atoms with E-state index in [4.69, 9.17) is 14.9 Å². The van der Waals surface area contributed by atoms with Gasteiger partial charge in [-0.15, -0.1) is 12.4 Å². The van der Waals surface area contributed by atoms with Crippen LogP contribution in [0.2, 0.25) is 0 Å². The van der Waals surface area contributed by atoms with Crippen molar-refractivity contribution in [1.82, 2.24) is 10.2 Å². The summed E-state index contributed by atoms with van der Waals surface area (Å²) in [4.78, 5) is 14.9. The van der Waals surface area contributed by atoms with Crippen LogP contribution in [0.25, 0.3) is 0 Å². The second kappa shape index (κ2) is 8.85. The molecule has 0 aromatic carbocycles. The normalized spacial score (nSPS) is 21.0. The van der Waals surface area contributed by atoms with Crippen molar-refractivity contribution in [2.24, 2.45) is 5.73 Å². The van der Waals surface area contributed by atoms with Gasteiger partial charge in [0, 0.05) is 25.2 Å².